The molecule has 0 radical (unpaired) electrons. The van der Waals surface area contributed by atoms with E-state index in [1.54, 1.807) is 4.89 Å². The van der Waals surface area contributed by atoms with Gasteiger partial charge in [-0.3, -0.25) is 4.84 Å². The fourth-order valence-electron chi connectivity index (χ4n) is 1.07. The third-order valence-corrected chi connectivity index (χ3v) is 3.56. The molecule has 18 heavy (non-hydrogen) atoms. The second-order valence-electron chi connectivity index (χ2n) is 3.16. The average Bonchev–Trinajstić information content (AvgIpc) is 2.25. The lowest BCUT2D eigenvalue weighted by Gasteiger charge is -2.11. The summed E-state index contributed by atoms with van der Waals surface area (Å²) < 4.78 is 60.6. The Hall–Kier alpha value is -0.830. The minimum atomic E-state index is -4.65. The van der Waals surface area contributed by atoms with Crippen molar-refractivity contribution in [2.75, 3.05) is 6.61 Å². The molecule has 1 rings (SSSR count). The Morgan fingerprint density at radius 1 is 1.39 bits per heavy atom. The van der Waals surface area contributed by atoms with E-state index in [-0.39, 0.29) is 11.6 Å². The summed E-state index contributed by atoms with van der Waals surface area (Å²) in [6.45, 7) is 1.53. The molecule has 1 N–H and O–H groups in total. The molecule has 4 nitrogen and oxygen atoms in total. The minimum Gasteiger partial charge on any atom is -0.287 e. The van der Waals surface area contributed by atoms with Crippen LogP contribution in [0.15, 0.2) is 23.1 Å². The Bertz CT molecular complexity index is 530. The first-order chi connectivity index (χ1) is 8.18. The van der Waals surface area contributed by atoms with Crippen LogP contribution in [0.4, 0.5) is 13.2 Å². The van der Waals surface area contributed by atoms with Gasteiger partial charge in [-0.1, -0.05) is 16.5 Å². The molecule has 0 spiro atoms. The van der Waals surface area contributed by atoms with Gasteiger partial charge in [0.2, 0.25) is 0 Å². The van der Waals surface area contributed by atoms with Crippen molar-refractivity contribution in [3.05, 3.63) is 28.8 Å². The van der Waals surface area contributed by atoms with Crippen LogP contribution < -0.4 is 4.89 Å². The molecule has 0 aliphatic heterocycles. The van der Waals surface area contributed by atoms with Crippen molar-refractivity contribution in [1.82, 2.24) is 4.89 Å². The highest BCUT2D eigenvalue weighted by Gasteiger charge is 2.32. The fraction of sp³-hybridized carbons (Fsp3) is 0.333. The Balaban J connectivity index is 3.24. The van der Waals surface area contributed by atoms with Crippen molar-refractivity contribution in [3.63, 3.8) is 0 Å². The molecule has 0 aliphatic rings. The van der Waals surface area contributed by atoms with Gasteiger partial charge in [0.25, 0.3) is 10.0 Å². The standard InChI is InChI=1S/C9H9ClF3NO3S/c1-2-17-14-18(15,16)8-5-6(9(11,12)13)3-4-7(8)10/h3-5,14H,2H2,1H3. The van der Waals surface area contributed by atoms with Crippen LogP contribution in [-0.2, 0) is 21.0 Å². The molecule has 102 valence electrons. The Kier molecular flexibility index (Phi) is 4.60. The monoisotopic (exact) mass is 303 g/mol. The molecule has 0 saturated heterocycles. The lowest BCUT2D eigenvalue weighted by atomic mass is 10.2. The van der Waals surface area contributed by atoms with E-state index in [2.05, 4.69) is 4.84 Å². The van der Waals surface area contributed by atoms with Crippen LogP contribution in [0.5, 0.6) is 0 Å². The number of rotatable bonds is 4. The molecule has 1 aromatic carbocycles. The van der Waals surface area contributed by atoms with E-state index in [1.807, 2.05) is 0 Å². The minimum absolute atomic E-state index is 0.0236. The second-order valence-corrected chi connectivity index (χ2v) is 5.18. The molecule has 0 aromatic heterocycles. The van der Waals surface area contributed by atoms with E-state index in [0.717, 1.165) is 6.07 Å². The Morgan fingerprint density at radius 2 is 2.00 bits per heavy atom. The predicted octanol–water partition coefficient (Wildman–Crippen LogP) is 2.59. The van der Waals surface area contributed by atoms with Crippen molar-refractivity contribution in [2.45, 2.75) is 18.0 Å². The van der Waals surface area contributed by atoms with Crippen LogP contribution in [0.2, 0.25) is 5.02 Å². The van der Waals surface area contributed by atoms with E-state index in [1.165, 1.54) is 6.92 Å². The summed E-state index contributed by atoms with van der Waals surface area (Å²) in [5.41, 5.74) is -1.11. The second kappa shape index (κ2) is 5.43. The number of nitrogens with one attached hydrogen (secondary N) is 1. The largest absolute Gasteiger partial charge is 0.416 e. The molecule has 0 unspecified atom stereocenters. The lowest BCUT2D eigenvalue weighted by molar-refractivity contribution is -0.137. The molecule has 0 amide bonds. The smallest absolute Gasteiger partial charge is 0.287 e. The molecule has 0 bridgehead atoms. The number of halogens is 4. The SMILES string of the molecule is CCONS(=O)(=O)c1cc(C(F)(F)F)ccc1Cl. The van der Waals surface area contributed by atoms with Gasteiger partial charge in [-0.15, -0.1) is 0 Å². The van der Waals surface area contributed by atoms with Crippen molar-refractivity contribution >= 4 is 21.6 Å². The first-order valence-electron chi connectivity index (χ1n) is 4.69. The van der Waals surface area contributed by atoms with E-state index in [4.69, 9.17) is 11.6 Å². The molecule has 0 aliphatic carbocycles. The summed E-state index contributed by atoms with van der Waals surface area (Å²) in [4.78, 5) is 5.43. The zero-order valence-electron chi connectivity index (χ0n) is 9.08. The maximum Gasteiger partial charge on any atom is 0.416 e. The van der Waals surface area contributed by atoms with Crippen LogP contribution in [-0.4, -0.2) is 15.0 Å². The van der Waals surface area contributed by atoms with Crippen LogP contribution >= 0.6 is 11.6 Å². The molecule has 9 heteroatoms. The van der Waals surface area contributed by atoms with Gasteiger partial charge in [0.1, 0.15) is 4.90 Å². The van der Waals surface area contributed by atoms with Crippen LogP contribution in [0.3, 0.4) is 0 Å². The number of benzene rings is 1. The molecular weight excluding hydrogens is 295 g/mol. The average molecular weight is 304 g/mol. The molecule has 0 saturated carbocycles. The maximum absolute atomic E-state index is 12.5. The van der Waals surface area contributed by atoms with Gasteiger partial charge in [-0.05, 0) is 25.1 Å². The highest BCUT2D eigenvalue weighted by atomic mass is 35.5. The topological polar surface area (TPSA) is 55.4 Å². The first-order valence-corrected chi connectivity index (χ1v) is 6.55. The molecule has 0 heterocycles. The van der Waals surface area contributed by atoms with Crippen LogP contribution in [0.1, 0.15) is 12.5 Å². The summed E-state index contributed by atoms with van der Waals surface area (Å²) in [6.07, 6.45) is -4.65. The summed E-state index contributed by atoms with van der Waals surface area (Å²) in [5.74, 6) is 0. The van der Waals surface area contributed by atoms with Gasteiger partial charge >= 0.3 is 6.18 Å². The third kappa shape index (κ3) is 3.58. The third-order valence-electron chi connectivity index (χ3n) is 1.86. The van der Waals surface area contributed by atoms with Gasteiger partial charge in [0.05, 0.1) is 17.2 Å². The normalized spacial score (nSPS) is 12.7. The highest BCUT2D eigenvalue weighted by Crippen LogP contribution is 2.33. The summed E-state index contributed by atoms with van der Waals surface area (Å²) in [6, 6.07) is 2.01. The van der Waals surface area contributed by atoms with Gasteiger partial charge < -0.3 is 0 Å². The van der Waals surface area contributed by atoms with Crippen LogP contribution in [0.25, 0.3) is 0 Å². The van der Waals surface area contributed by atoms with Gasteiger partial charge in [-0.25, -0.2) is 8.42 Å². The van der Waals surface area contributed by atoms with Crippen molar-refractivity contribution < 1.29 is 26.4 Å². The number of sulfonamides is 1. The quantitative estimate of drug-likeness (QED) is 0.870. The van der Waals surface area contributed by atoms with E-state index < -0.39 is 26.7 Å². The van der Waals surface area contributed by atoms with E-state index in [0.29, 0.717) is 12.1 Å². The summed E-state index contributed by atoms with van der Waals surface area (Å²) in [7, 11) is -4.24. The molecule has 0 atom stereocenters. The van der Waals surface area contributed by atoms with Crippen molar-refractivity contribution in [2.24, 2.45) is 0 Å². The zero-order valence-corrected chi connectivity index (χ0v) is 10.7. The van der Waals surface area contributed by atoms with Gasteiger partial charge in [-0.2, -0.15) is 13.2 Å². The maximum atomic E-state index is 12.5. The number of hydrogen-bond acceptors (Lipinski definition) is 3. The lowest BCUT2D eigenvalue weighted by Crippen LogP contribution is -2.24. The predicted molar refractivity (Wildman–Crippen MR) is 58.4 cm³/mol. The molecule has 1 aromatic rings. The number of hydrogen-bond donors (Lipinski definition) is 1. The first kappa shape index (κ1) is 15.2. The summed E-state index contributed by atoms with van der Waals surface area (Å²) in [5, 5.41) is -0.324. The van der Waals surface area contributed by atoms with Gasteiger partial charge in [0.15, 0.2) is 0 Å². The zero-order chi connectivity index (χ0) is 14.0. The van der Waals surface area contributed by atoms with Gasteiger partial charge in [0, 0.05) is 0 Å². The van der Waals surface area contributed by atoms with E-state index in [9.17, 15) is 21.6 Å². The summed E-state index contributed by atoms with van der Waals surface area (Å²) >= 11 is 5.57. The Labute approximate surface area is 107 Å². The van der Waals surface area contributed by atoms with Crippen molar-refractivity contribution in [1.29, 1.82) is 0 Å². The van der Waals surface area contributed by atoms with Crippen molar-refractivity contribution in [3.8, 4) is 0 Å². The molecular formula is C9H9ClF3NO3S. The van der Waals surface area contributed by atoms with E-state index >= 15 is 0 Å². The Morgan fingerprint density at radius 3 is 2.50 bits per heavy atom. The van der Waals surface area contributed by atoms with Crippen LogP contribution in [0, 0.1) is 0 Å². The highest BCUT2D eigenvalue weighted by molar-refractivity contribution is 7.89. The molecule has 0 fully saturated rings. The number of alkyl halides is 3. The fourth-order valence-corrected chi connectivity index (χ4v) is 2.46.